The lowest BCUT2D eigenvalue weighted by Crippen LogP contribution is -2.13. The van der Waals surface area contributed by atoms with Gasteiger partial charge in [0.05, 0.1) is 16.4 Å². The highest BCUT2D eigenvalue weighted by Gasteiger charge is 2.11. The summed E-state index contributed by atoms with van der Waals surface area (Å²) < 4.78 is 13.1. The molecule has 3 aromatic carbocycles. The number of nitro groups is 1. The maximum atomic E-state index is 13.1. The zero-order valence-electron chi connectivity index (χ0n) is 17.9. The molecule has 0 saturated heterocycles. The molecule has 0 aliphatic rings. The van der Waals surface area contributed by atoms with Gasteiger partial charge in [-0.05, 0) is 60.7 Å². The van der Waals surface area contributed by atoms with Crippen LogP contribution in [0.4, 0.5) is 20.9 Å². The molecule has 1 aromatic heterocycles. The van der Waals surface area contributed by atoms with E-state index in [4.69, 9.17) is 0 Å². The lowest BCUT2D eigenvalue weighted by molar-refractivity contribution is -0.384. The average Bonchev–Trinajstić information content (AvgIpc) is 3.32. The van der Waals surface area contributed by atoms with Crippen LogP contribution >= 0.6 is 23.1 Å². The van der Waals surface area contributed by atoms with E-state index >= 15 is 0 Å². The number of amides is 2. The number of nitrogens with one attached hydrogen (secondary N) is 2. The molecule has 2 amide bonds. The van der Waals surface area contributed by atoms with Gasteiger partial charge in [0.25, 0.3) is 11.6 Å². The predicted molar refractivity (Wildman–Crippen MR) is 134 cm³/mol. The first kappa shape index (κ1) is 24.0. The van der Waals surface area contributed by atoms with Crippen LogP contribution in [0.15, 0.2) is 83.1 Å². The van der Waals surface area contributed by atoms with Gasteiger partial charge in [-0.2, -0.15) is 0 Å². The molecule has 0 spiro atoms. The molecular formula is C24H17FN4O4S2. The summed E-state index contributed by atoms with van der Waals surface area (Å²) in [5, 5.41) is 18.4. The number of hydrogen-bond acceptors (Lipinski definition) is 7. The molecule has 0 radical (unpaired) electrons. The number of carbonyl (C=O) groups is 2. The minimum atomic E-state index is -0.527. The molecule has 4 rings (SSSR count). The van der Waals surface area contributed by atoms with Gasteiger partial charge in [-0.25, -0.2) is 9.37 Å². The third kappa shape index (κ3) is 6.49. The highest BCUT2D eigenvalue weighted by molar-refractivity contribution is 8.00. The van der Waals surface area contributed by atoms with Gasteiger partial charge < -0.3 is 10.6 Å². The van der Waals surface area contributed by atoms with Crippen molar-refractivity contribution in [2.75, 3.05) is 16.4 Å². The number of rotatable bonds is 8. The van der Waals surface area contributed by atoms with Gasteiger partial charge in [-0.15, -0.1) is 23.1 Å². The summed E-state index contributed by atoms with van der Waals surface area (Å²) in [6.07, 6.45) is 0. The molecule has 35 heavy (non-hydrogen) atoms. The first-order valence-corrected chi connectivity index (χ1v) is 12.0. The van der Waals surface area contributed by atoms with E-state index in [2.05, 4.69) is 15.6 Å². The van der Waals surface area contributed by atoms with E-state index in [-0.39, 0.29) is 29.1 Å². The minimum absolute atomic E-state index is 0.0878. The fourth-order valence-corrected chi connectivity index (χ4v) is 4.40. The van der Waals surface area contributed by atoms with Crippen LogP contribution in [-0.2, 0) is 4.79 Å². The van der Waals surface area contributed by atoms with Crippen LogP contribution in [0.1, 0.15) is 10.4 Å². The van der Waals surface area contributed by atoms with Gasteiger partial charge in [-0.1, -0.05) is 0 Å². The van der Waals surface area contributed by atoms with Crippen molar-refractivity contribution >= 4 is 51.4 Å². The number of benzene rings is 3. The van der Waals surface area contributed by atoms with Crippen LogP contribution in [0.25, 0.3) is 11.3 Å². The Morgan fingerprint density at radius 3 is 2.31 bits per heavy atom. The number of nitro benzene ring substituents is 1. The Bertz CT molecular complexity index is 1360. The monoisotopic (exact) mass is 508 g/mol. The SMILES string of the molecule is O=C(CSc1ccc(NC(=O)c2ccc([N+](=O)[O-])cc2)cc1)Nc1nc(-c2ccc(F)cc2)cs1. The van der Waals surface area contributed by atoms with Crippen LogP contribution in [0.2, 0.25) is 0 Å². The molecule has 0 saturated carbocycles. The van der Waals surface area contributed by atoms with Crippen LogP contribution in [0.3, 0.4) is 0 Å². The van der Waals surface area contributed by atoms with Crippen molar-refractivity contribution in [3.8, 4) is 11.3 Å². The van der Waals surface area contributed by atoms with Gasteiger partial charge in [0.15, 0.2) is 5.13 Å². The lowest BCUT2D eigenvalue weighted by Gasteiger charge is -2.07. The van der Waals surface area contributed by atoms with E-state index in [0.717, 1.165) is 10.5 Å². The number of thioether (sulfide) groups is 1. The molecular weight excluding hydrogens is 491 g/mol. The van der Waals surface area contributed by atoms with Gasteiger partial charge in [0.1, 0.15) is 5.82 Å². The van der Waals surface area contributed by atoms with Gasteiger partial charge in [0, 0.05) is 39.2 Å². The summed E-state index contributed by atoms with van der Waals surface area (Å²) in [6.45, 7) is 0. The first-order valence-electron chi connectivity index (χ1n) is 10.2. The summed E-state index contributed by atoms with van der Waals surface area (Å²) >= 11 is 2.61. The third-order valence-electron chi connectivity index (χ3n) is 4.71. The van der Waals surface area contributed by atoms with Crippen molar-refractivity contribution in [1.82, 2.24) is 4.98 Å². The van der Waals surface area contributed by atoms with Crippen molar-refractivity contribution in [1.29, 1.82) is 0 Å². The zero-order chi connectivity index (χ0) is 24.8. The van der Waals surface area contributed by atoms with Gasteiger partial charge in [-0.3, -0.25) is 19.7 Å². The summed E-state index contributed by atoms with van der Waals surface area (Å²) in [5.41, 5.74) is 2.19. The van der Waals surface area contributed by atoms with Crippen LogP contribution in [-0.4, -0.2) is 27.5 Å². The number of halogens is 1. The standard InChI is InChI=1S/C24H17FN4O4S2/c25-17-5-1-15(2-6-17)21-13-35-24(27-21)28-22(30)14-34-20-11-7-18(8-12-20)26-23(31)16-3-9-19(10-4-16)29(32)33/h1-13H,14H2,(H,26,31)(H,27,28,30). The molecule has 2 N–H and O–H groups in total. The number of non-ortho nitro benzene ring substituents is 1. The molecule has 0 aliphatic heterocycles. The molecule has 0 unspecified atom stereocenters. The number of hydrogen-bond donors (Lipinski definition) is 2. The molecule has 0 fully saturated rings. The zero-order valence-corrected chi connectivity index (χ0v) is 19.6. The Balaban J connectivity index is 1.26. The maximum absolute atomic E-state index is 13.1. The smallest absolute Gasteiger partial charge is 0.269 e. The lowest BCUT2D eigenvalue weighted by atomic mass is 10.2. The normalized spacial score (nSPS) is 10.5. The first-order chi connectivity index (χ1) is 16.9. The molecule has 8 nitrogen and oxygen atoms in total. The summed E-state index contributed by atoms with van der Waals surface area (Å²) in [6, 6.07) is 18.3. The molecule has 11 heteroatoms. The number of aromatic nitrogens is 1. The van der Waals surface area contributed by atoms with Crippen LogP contribution in [0.5, 0.6) is 0 Å². The van der Waals surface area contributed by atoms with E-state index in [0.29, 0.717) is 22.1 Å². The highest BCUT2D eigenvalue weighted by Crippen LogP contribution is 2.26. The number of thiazole rings is 1. The van der Waals surface area contributed by atoms with Crippen molar-refractivity contribution in [2.45, 2.75) is 4.90 Å². The minimum Gasteiger partial charge on any atom is -0.322 e. The van der Waals surface area contributed by atoms with E-state index in [9.17, 15) is 24.1 Å². The number of nitrogens with zero attached hydrogens (tertiary/aromatic N) is 2. The van der Waals surface area contributed by atoms with E-state index in [1.165, 1.54) is 59.5 Å². The van der Waals surface area contributed by atoms with Gasteiger partial charge >= 0.3 is 0 Å². The van der Waals surface area contributed by atoms with Crippen molar-refractivity contribution in [3.63, 3.8) is 0 Å². The van der Waals surface area contributed by atoms with E-state index in [1.54, 1.807) is 41.8 Å². The second-order valence-corrected chi connectivity index (χ2v) is 9.07. The Labute approximate surface area is 207 Å². The number of carbonyl (C=O) groups excluding carboxylic acids is 2. The molecule has 0 atom stereocenters. The van der Waals surface area contributed by atoms with Crippen molar-refractivity contribution < 1.29 is 18.9 Å². The maximum Gasteiger partial charge on any atom is 0.269 e. The van der Waals surface area contributed by atoms with E-state index < -0.39 is 4.92 Å². The predicted octanol–water partition coefficient (Wildman–Crippen LogP) is 5.84. The molecule has 0 bridgehead atoms. The second-order valence-electron chi connectivity index (χ2n) is 7.16. The molecule has 176 valence electrons. The highest BCUT2D eigenvalue weighted by atomic mass is 32.2. The van der Waals surface area contributed by atoms with Crippen LogP contribution in [0, 0.1) is 15.9 Å². The van der Waals surface area contributed by atoms with E-state index in [1.807, 2.05) is 0 Å². The quantitative estimate of drug-likeness (QED) is 0.176. The number of anilines is 2. The second kappa shape index (κ2) is 10.9. The Kier molecular flexibility index (Phi) is 7.48. The molecule has 4 aromatic rings. The topological polar surface area (TPSA) is 114 Å². The van der Waals surface area contributed by atoms with Crippen molar-refractivity contribution in [3.05, 3.63) is 99.7 Å². The Morgan fingerprint density at radius 2 is 1.66 bits per heavy atom. The summed E-state index contributed by atoms with van der Waals surface area (Å²) in [7, 11) is 0. The van der Waals surface area contributed by atoms with Crippen molar-refractivity contribution in [2.24, 2.45) is 0 Å². The Hall–Kier alpha value is -4.09. The third-order valence-corrected chi connectivity index (χ3v) is 6.48. The molecule has 1 heterocycles. The fourth-order valence-electron chi connectivity index (χ4n) is 2.96. The fraction of sp³-hybridized carbons (Fsp3) is 0.0417. The largest absolute Gasteiger partial charge is 0.322 e. The Morgan fingerprint density at radius 1 is 0.971 bits per heavy atom. The molecule has 0 aliphatic carbocycles. The van der Waals surface area contributed by atoms with Gasteiger partial charge in [0.2, 0.25) is 5.91 Å². The summed E-state index contributed by atoms with van der Waals surface area (Å²) in [4.78, 5) is 40.0. The van der Waals surface area contributed by atoms with Crippen LogP contribution < -0.4 is 10.6 Å². The summed E-state index contributed by atoms with van der Waals surface area (Å²) in [5.74, 6) is -0.761. The average molecular weight is 509 g/mol.